The van der Waals surface area contributed by atoms with Crippen molar-refractivity contribution in [2.24, 2.45) is 0 Å². The van der Waals surface area contributed by atoms with Crippen LogP contribution >= 0.6 is 0 Å². The summed E-state index contributed by atoms with van der Waals surface area (Å²) in [6.07, 6.45) is 0. The number of aryl methyl sites for hydroxylation is 1. The van der Waals surface area contributed by atoms with Crippen molar-refractivity contribution in [3.05, 3.63) is 64.7 Å². The molecule has 0 saturated carbocycles. The zero-order chi connectivity index (χ0) is 20.7. The lowest BCUT2D eigenvalue weighted by Crippen LogP contribution is -2.30. The van der Waals surface area contributed by atoms with E-state index >= 15 is 0 Å². The Morgan fingerprint density at radius 1 is 0.964 bits per heavy atom. The van der Waals surface area contributed by atoms with Crippen LogP contribution in [0.1, 0.15) is 45.7 Å². The van der Waals surface area contributed by atoms with Crippen molar-refractivity contribution >= 4 is 23.5 Å². The third-order valence-corrected chi connectivity index (χ3v) is 4.63. The molecule has 0 aliphatic carbocycles. The molecule has 6 nitrogen and oxygen atoms in total. The van der Waals surface area contributed by atoms with Gasteiger partial charge in [-0.25, -0.2) is 4.79 Å². The highest BCUT2D eigenvalue weighted by molar-refractivity contribution is 5.97. The van der Waals surface area contributed by atoms with Crippen LogP contribution in [0.2, 0.25) is 0 Å². The maximum absolute atomic E-state index is 12.3. The van der Waals surface area contributed by atoms with Gasteiger partial charge < -0.3 is 15.0 Å². The number of ether oxygens (including phenoxy) is 1. The van der Waals surface area contributed by atoms with E-state index in [-0.39, 0.29) is 12.5 Å². The minimum Gasteiger partial charge on any atom is -0.452 e. The molecule has 0 spiro atoms. The van der Waals surface area contributed by atoms with Gasteiger partial charge in [-0.15, -0.1) is 0 Å². The first-order chi connectivity index (χ1) is 13.4. The molecule has 2 aromatic carbocycles. The van der Waals surface area contributed by atoms with Crippen LogP contribution in [0.15, 0.2) is 42.5 Å². The second-order valence-corrected chi connectivity index (χ2v) is 6.43. The van der Waals surface area contributed by atoms with Gasteiger partial charge >= 0.3 is 5.97 Å². The summed E-state index contributed by atoms with van der Waals surface area (Å²) in [5, 5.41) is 2.66. The van der Waals surface area contributed by atoms with Gasteiger partial charge in [0.05, 0.1) is 5.56 Å². The van der Waals surface area contributed by atoms with E-state index < -0.39 is 11.9 Å². The summed E-state index contributed by atoms with van der Waals surface area (Å²) < 4.78 is 5.11. The Bertz CT molecular complexity index is 855. The van der Waals surface area contributed by atoms with E-state index in [0.29, 0.717) is 29.9 Å². The van der Waals surface area contributed by atoms with Crippen molar-refractivity contribution in [3.63, 3.8) is 0 Å². The minimum atomic E-state index is -0.531. The summed E-state index contributed by atoms with van der Waals surface area (Å²) in [5.41, 5.74) is 3.36. The number of benzene rings is 2. The van der Waals surface area contributed by atoms with Crippen LogP contribution in [0.4, 0.5) is 5.69 Å². The Morgan fingerprint density at radius 2 is 1.61 bits per heavy atom. The highest BCUT2D eigenvalue weighted by Gasteiger charge is 2.15. The molecule has 0 aliphatic heterocycles. The van der Waals surface area contributed by atoms with Crippen LogP contribution in [-0.4, -0.2) is 42.4 Å². The first kappa shape index (κ1) is 21.2. The lowest BCUT2D eigenvalue weighted by molar-refractivity contribution is -0.119. The molecule has 6 heteroatoms. The van der Waals surface area contributed by atoms with E-state index in [1.807, 2.05) is 33.8 Å². The van der Waals surface area contributed by atoms with Crippen LogP contribution in [0.3, 0.4) is 0 Å². The highest BCUT2D eigenvalue weighted by atomic mass is 16.5. The number of anilines is 1. The number of hydrogen-bond acceptors (Lipinski definition) is 4. The lowest BCUT2D eigenvalue weighted by atomic mass is 10.0. The van der Waals surface area contributed by atoms with E-state index in [1.54, 1.807) is 41.3 Å². The van der Waals surface area contributed by atoms with Crippen molar-refractivity contribution in [3.8, 4) is 0 Å². The quantitative estimate of drug-likeness (QED) is 0.743. The predicted octanol–water partition coefficient (Wildman–Crippen LogP) is 3.58. The molecular formula is C22H26N2O4. The maximum atomic E-state index is 12.3. The monoisotopic (exact) mass is 382 g/mol. The number of amides is 2. The first-order valence-electron chi connectivity index (χ1n) is 9.29. The average molecular weight is 382 g/mol. The van der Waals surface area contributed by atoms with Crippen LogP contribution in [0, 0.1) is 13.8 Å². The lowest BCUT2D eigenvalue weighted by Gasteiger charge is -2.18. The van der Waals surface area contributed by atoms with E-state index in [0.717, 1.165) is 11.1 Å². The van der Waals surface area contributed by atoms with Gasteiger partial charge in [0.1, 0.15) is 0 Å². The molecule has 148 valence electrons. The van der Waals surface area contributed by atoms with E-state index in [2.05, 4.69) is 5.32 Å². The molecule has 0 radical (unpaired) electrons. The average Bonchev–Trinajstić information content (AvgIpc) is 2.69. The molecule has 1 N–H and O–H groups in total. The van der Waals surface area contributed by atoms with Gasteiger partial charge in [0.2, 0.25) is 0 Å². The van der Waals surface area contributed by atoms with Gasteiger partial charge in [0, 0.05) is 24.3 Å². The summed E-state index contributed by atoms with van der Waals surface area (Å²) in [7, 11) is 0. The second-order valence-electron chi connectivity index (χ2n) is 6.43. The molecule has 28 heavy (non-hydrogen) atoms. The number of nitrogens with one attached hydrogen (secondary N) is 1. The molecule has 0 atom stereocenters. The largest absolute Gasteiger partial charge is 0.452 e. The summed E-state index contributed by atoms with van der Waals surface area (Å²) in [6, 6.07) is 12.0. The Labute approximate surface area is 165 Å². The number of esters is 1. The molecule has 0 aliphatic rings. The van der Waals surface area contributed by atoms with Crippen molar-refractivity contribution < 1.29 is 19.1 Å². The molecular weight excluding hydrogens is 356 g/mol. The fourth-order valence-corrected chi connectivity index (χ4v) is 2.77. The molecule has 0 heterocycles. The Kier molecular flexibility index (Phi) is 7.32. The molecule has 0 saturated heterocycles. The molecule has 2 rings (SSSR count). The number of nitrogens with zero attached hydrogens (tertiary/aromatic N) is 1. The topological polar surface area (TPSA) is 75.7 Å². The molecule has 2 aromatic rings. The van der Waals surface area contributed by atoms with Crippen molar-refractivity contribution in [2.75, 3.05) is 25.0 Å². The minimum absolute atomic E-state index is 0.0506. The summed E-state index contributed by atoms with van der Waals surface area (Å²) in [4.78, 5) is 38.2. The normalized spacial score (nSPS) is 10.3. The van der Waals surface area contributed by atoms with Crippen molar-refractivity contribution in [1.82, 2.24) is 4.90 Å². The van der Waals surface area contributed by atoms with Crippen molar-refractivity contribution in [2.45, 2.75) is 27.7 Å². The summed E-state index contributed by atoms with van der Waals surface area (Å²) in [5.74, 6) is -1.02. The fourth-order valence-electron chi connectivity index (χ4n) is 2.77. The van der Waals surface area contributed by atoms with Gasteiger partial charge in [-0.05, 0) is 69.2 Å². The number of carbonyl (C=O) groups excluding carboxylic acids is 3. The predicted molar refractivity (Wildman–Crippen MR) is 109 cm³/mol. The van der Waals surface area contributed by atoms with Crippen LogP contribution in [-0.2, 0) is 9.53 Å². The zero-order valence-corrected chi connectivity index (χ0v) is 16.7. The van der Waals surface area contributed by atoms with E-state index in [9.17, 15) is 14.4 Å². The molecule has 0 bridgehead atoms. The number of hydrogen-bond donors (Lipinski definition) is 1. The molecule has 2 amide bonds. The van der Waals surface area contributed by atoms with Gasteiger partial charge in [0.25, 0.3) is 11.8 Å². The molecule has 0 aromatic heterocycles. The number of carbonyl (C=O) groups is 3. The molecule has 0 unspecified atom stereocenters. The van der Waals surface area contributed by atoms with E-state index in [1.165, 1.54) is 0 Å². The second kappa shape index (κ2) is 9.69. The maximum Gasteiger partial charge on any atom is 0.338 e. The van der Waals surface area contributed by atoms with Crippen LogP contribution < -0.4 is 5.32 Å². The third kappa shape index (κ3) is 5.19. The number of rotatable bonds is 7. The molecule has 0 fully saturated rings. The Morgan fingerprint density at radius 3 is 2.21 bits per heavy atom. The third-order valence-electron chi connectivity index (χ3n) is 4.63. The van der Waals surface area contributed by atoms with E-state index in [4.69, 9.17) is 4.74 Å². The van der Waals surface area contributed by atoms with Gasteiger partial charge in [0.15, 0.2) is 6.61 Å². The van der Waals surface area contributed by atoms with Crippen molar-refractivity contribution in [1.29, 1.82) is 0 Å². The van der Waals surface area contributed by atoms with Gasteiger partial charge in [-0.1, -0.05) is 12.1 Å². The highest BCUT2D eigenvalue weighted by Crippen LogP contribution is 2.14. The standard InChI is InChI=1S/C22H26N2O4/c1-5-24(6-2)21(26)17-10-12-18(13-11-17)23-20(25)14-28-22(27)19-9-7-8-15(3)16(19)4/h7-13H,5-6,14H2,1-4H3,(H,23,25). The smallest absolute Gasteiger partial charge is 0.338 e. The SMILES string of the molecule is CCN(CC)C(=O)c1ccc(NC(=O)COC(=O)c2cccc(C)c2C)cc1. The Hall–Kier alpha value is -3.15. The Balaban J connectivity index is 1.92. The van der Waals surface area contributed by atoms with Crippen LogP contribution in [0.5, 0.6) is 0 Å². The zero-order valence-electron chi connectivity index (χ0n) is 16.7. The first-order valence-corrected chi connectivity index (χ1v) is 9.29. The van der Waals surface area contributed by atoms with Crippen LogP contribution in [0.25, 0.3) is 0 Å². The summed E-state index contributed by atoms with van der Waals surface area (Å²) in [6.45, 7) is 8.50. The van der Waals surface area contributed by atoms with Gasteiger partial charge in [-0.2, -0.15) is 0 Å². The fraction of sp³-hybridized carbons (Fsp3) is 0.318. The summed E-state index contributed by atoms with van der Waals surface area (Å²) >= 11 is 0. The van der Waals surface area contributed by atoms with Gasteiger partial charge in [-0.3, -0.25) is 9.59 Å².